The van der Waals surface area contributed by atoms with Gasteiger partial charge in [-0.25, -0.2) is 0 Å². The third kappa shape index (κ3) is 4.66. The quantitative estimate of drug-likeness (QED) is 0.572. The van der Waals surface area contributed by atoms with Gasteiger partial charge < -0.3 is 0 Å². The molecule has 6 heavy (non-hydrogen) atoms. The summed E-state index contributed by atoms with van der Waals surface area (Å²) in [6, 6.07) is 0. The van der Waals surface area contributed by atoms with Crippen LogP contribution in [0.4, 0.5) is 0 Å². The van der Waals surface area contributed by atoms with Crippen molar-refractivity contribution in [3.63, 3.8) is 0 Å². The summed E-state index contributed by atoms with van der Waals surface area (Å²) < 4.78 is 4.57. The van der Waals surface area contributed by atoms with E-state index in [0.717, 1.165) is 6.42 Å². The summed E-state index contributed by atoms with van der Waals surface area (Å²) in [5.41, 5.74) is 0. The summed E-state index contributed by atoms with van der Waals surface area (Å²) in [7, 11) is 0. The average molecular weight is 272 g/mol. The Morgan fingerprint density at radius 2 is 2.33 bits per heavy atom. The van der Waals surface area contributed by atoms with Gasteiger partial charge >= 0.3 is 49.4 Å². The van der Waals surface area contributed by atoms with Gasteiger partial charge in [-0.1, -0.05) is 0 Å². The van der Waals surface area contributed by atoms with Gasteiger partial charge in [0.15, 0.2) is 0 Å². The molecule has 3 heteroatoms. The predicted molar refractivity (Wildman–Crippen MR) is 17.7 cm³/mol. The van der Waals surface area contributed by atoms with E-state index in [1.165, 1.54) is 0 Å². The van der Waals surface area contributed by atoms with Crippen LogP contribution in [-0.2, 0) is 24.7 Å². The molecule has 0 spiro atoms. The molecule has 2 nitrogen and oxygen atoms in total. The minimum absolute atomic E-state index is 0.221. The molecule has 0 aromatic carbocycles. The summed E-state index contributed by atoms with van der Waals surface area (Å²) in [4.78, 5) is 0. The number of hydrogen-bond donors (Lipinski definition) is 1. The van der Waals surface area contributed by atoms with Gasteiger partial charge in [0, 0.05) is 0 Å². The fourth-order valence-electron chi connectivity index (χ4n) is 0.108. The fraction of sp³-hybridized carbons (Fsp3) is 1.00. The van der Waals surface area contributed by atoms with Crippen LogP contribution in [0.1, 0.15) is 6.42 Å². The summed E-state index contributed by atoms with van der Waals surface area (Å²) >= 11 is 1.95. The van der Waals surface area contributed by atoms with E-state index in [1.54, 1.807) is 0 Å². The molecule has 0 saturated heterocycles. The van der Waals surface area contributed by atoms with E-state index < -0.39 is 0 Å². The van der Waals surface area contributed by atoms with E-state index in [2.05, 4.69) is 3.24 Å². The van der Waals surface area contributed by atoms with Gasteiger partial charge in [-0.15, -0.1) is 0 Å². The van der Waals surface area contributed by atoms with Gasteiger partial charge in [0.05, 0.1) is 0 Å². The molecule has 0 amide bonds. The first kappa shape index (κ1) is 6.66. The molecule has 1 N–H and O–H groups in total. The van der Waals surface area contributed by atoms with E-state index in [9.17, 15) is 0 Å². The molecule has 0 aliphatic rings. The van der Waals surface area contributed by atoms with Gasteiger partial charge in [0.25, 0.3) is 0 Å². The van der Waals surface area contributed by atoms with Crippen LogP contribution in [0, 0.1) is 0 Å². The summed E-state index contributed by atoms with van der Waals surface area (Å²) in [6.07, 6.45) is 0.733. The van der Waals surface area contributed by atoms with E-state index in [1.807, 2.05) is 21.5 Å². The Morgan fingerprint density at radius 1 is 1.67 bits per heavy atom. The summed E-state index contributed by atoms with van der Waals surface area (Å²) in [5.74, 6) is 0. The van der Waals surface area contributed by atoms with Crippen LogP contribution < -0.4 is 0 Å². The molecule has 0 rings (SSSR count). The Morgan fingerprint density at radius 3 is 2.50 bits per heavy atom. The van der Waals surface area contributed by atoms with E-state index in [4.69, 9.17) is 5.11 Å². The molecular formula is C3H7AuO2. The van der Waals surface area contributed by atoms with Crippen LogP contribution >= 0.6 is 0 Å². The van der Waals surface area contributed by atoms with Crippen molar-refractivity contribution in [3.8, 4) is 0 Å². The van der Waals surface area contributed by atoms with Crippen LogP contribution in [0.2, 0.25) is 0 Å². The van der Waals surface area contributed by atoms with E-state index >= 15 is 0 Å². The van der Waals surface area contributed by atoms with E-state index in [-0.39, 0.29) is 6.61 Å². The van der Waals surface area contributed by atoms with Crippen LogP contribution in [0.25, 0.3) is 0 Å². The van der Waals surface area contributed by atoms with Gasteiger partial charge in [0.1, 0.15) is 0 Å². The van der Waals surface area contributed by atoms with Crippen LogP contribution in [0.3, 0.4) is 0 Å². The maximum atomic E-state index is 8.11. The van der Waals surface area contributed by atoms with Gasteiger partial charge in [-0.05, 0) is 0 Å². The van der Waals surface area contributed by atoms with Crippen LogP contribution in [0.15, 0.2) is 0 Å². The number of aliphatic hydroxyl groups excluding tert-OH is 1. The SMILES string of the molecule is OCCC[O][Au]. The van der Waals surface area contributed by atoms with Crippen LogP contribution in [0.5, 0.6) is 0 Å². The van der Waals surface area contributed by atoms with Crippen molar-refractivity contribution in [2.45, 2.75) is 6.42 Å². The topological polar surface area (TPSA) is 29.5 Å². The van der Waals surface area contributed by atoms with Gasteiger partial charge in [-0.2, -0.15) is 0 Å². The Kier molecular flexibility index (Phi) is 6.28. The molecule has 0 aromatic rings. The van der Waals surface area contributed by atoms with E-state index in [0.29, 0.717) is 6.61 Å². The number of aliphatic hydroxyl groups is 1. The van der Waals surface area contributed by atoms with Gasteiger partial charge in [-0.3, -0.25) is 0 Å². The van der Waals surface area contributed by atoms with Crippen molar-refractivity contribution in [2.75, 3.05) is 13.2 Å². The molecule has 0 aliphatic heterocycles. The molecule has 42 valence electrons. The standard InChI is InChI=1S/C3H7O2.Au/c4-2-1-3-5;/h4H,1-3H2;/q-1;+1. The maximum absolute atomic E-state index is 8.11. The first-order valence-electron chi connectivity index (χ1n) is 1.73. The molecule has 0 fully saturated rings. The normalized spacial score (nSPS) is 9.17. The first-order valence-corrected chi connectivity index (χ1v) is 2.61. The fourth-order valence-corrected chi connectivity index (χ4v) is 0.421. The zero-order valence-corrected chi connectivity index (χ0v) is 5.44. The Labute approximate surface area is 49.9 Å². The average Bonchev–Trinajstić information content (AvgIpc) is 1.61. The van der Waals surface area contributed by atoms with Crippen molar-refractivity contribution >= 4 is 0 Å². The minimum atomic E-state index is 0.221. The van der Waals surface area contributed by atoms with Crippen molar-refractivity contribution in [1.82, 2.24) is 0 Å². The summed E-state index contributed by atoms with van der Waals surface area (Å²) in [6.45, 7) is 0.860. The molecule has 0 bridgehead atoms. The zero-order valence-electron chi connectivity index (χ0n) is 3.28. The summed E-state index contributed by atoms with van der Waals surface area (Å²) in [5, 5.41) is 8.11. The first-order chi connectivity index (χ1) is 2.91. The zero-order chi connectivity index (χ0) is 4.83. The van der Waals surface area contributed by atoms with Gasteiger partial charge in [0.2, 0.25) is 0 Å². The second-order valence-electron chi connectivity index (χ2n) is 0.868. The third-order valence-corrected chi connectivity index (χ3v) is 0.806. The Balaban J connectivity index is 2.34. The molecular weight excluding hydrogens is 265 g/mol. The third-order valence-electron chi connectivity index (χ3n) is 0.364. The van der Waals surface area contributed by atoms with Crippen molar-refractivity contribution < 1.29 is 29.8 Å². The Bertz CT molecular complexity index is 20.8. The predicted octanol–water partition coefficient (Wildman–Crippen LogP) is -0.153. The number of rotatable bonds is 3. The molecule has 0 heterocycles. The molecule has 0 aliphatic carbocycles. The second-order valence-corrected chi connectivity index (χ2v) is 1.49. The second kappa shape index (κ2) is 5.66. The van der Waals surface area contributed by atoms with Crippen molar-refractivity contribution in [2.24, 2.45) is 0 Å². The molecule has 0 atom stereocenters. The molecule has 0 unspecified atom stereocenters. The Hall–Kier alpha value is 0.660. The monoisotopic (exact) mass is 272 g/mol. The molecule has 0 radical (unpaired) electrons. The molecule has 0 aromatic heterocycles. The van der Waals surface area contributed by atoms with Crippen molar-refractivity contribution in [1.29, 1.82) is 0 Å². The number of hydrogen-bond acceptors (Lipinski definition) is 2. The van der Waals surface area contributed by atoms with Crippen molar-refractivity contribution in [3.05, 3.63) is 0 Å². The van der Waals surface area contributed by atoms with Crippen LogP contribution in [-0.4, -0.2) is 18.3 Å². The molecule has 0 saturated carbocycles.